The molecule has 1 rings (SSSR count). The van der Waals surface area contributed by atoms with E-state index in [1.165, 1.54) is 0 Å². The van der Waals surface area contributed by atoms with Gasteiger partial charge in [-0.05, 0) is 20.1 Å². The molecule has 0 saturated heterocycles. The largest absolute Gasteiger partial charge is 0.461 e. The zero-order valence-electron chi connectivity index (χ0n) is 9.82. The molecule has 0 saturated carbocycles. The van der Waals surface area contributed by atoms with Crippen molar-refractivity contribution in [2.45, 2.75) is 20.4 Å². The molecule has 0 spiro atoms. The van der Waals surface area contributed by atoms with Crippen LogP contribution in [0.25, 0.3) is 0 Å². The van der Waals surface area contributed by atoms with Gasteiger partial charge in [-0.25, -0.2) is 9.78 Å². The topological polar surface area (TPSA) is 70.1 Å². The first-order valence-corrected chi connectivity index (χ1v) is 6.49. The van der Waals surface area contributed by atoms with Gasteiger partial charge in [-0.1, -0.05) is 0 Å². The summed E-state index contributed by atoms with van der Waals surface area (Å²) in [6, 6.07) is 0. The maximum atomic E-state index is 11.5. The highest BCUT2D eigenvalue weighted by Crippen LogP contribution is 2.15. The average Bonchev–Trinajstić information content (AvgIpc) is 2.53. The second kappa shape index (κ2) is 5.79. The molecule has 1 aromatic rings. The van der Waals surface area contributed by atoms with Gasteiger partial charge in [-0.15, -0.1) is 0 Å². The van der Waals surface area contributed by atoms with E-state index in [4.69, 9.17) is 10.5 Å². The zero-order valence-corrected chi connectivity index (χ0v) is 10.6. The van der Waals surface area contributed by atoms with Gasteiger partial charge in [-0.2, -0.15) is 11.8 Å². The summed E-state index contributed by atoms with van der Waals surface area (Å²) in [6.07, 6.45) is 2.02. The van der Waals surface area contributed by atoms with Gasteiger partial charge in [0, 0.05) is 12.3 Å². The minimum atomic E-state index is -0.453. The highest BCUT2D eigenvalue weighted by molar-refractivity contribution is 7.98. The Kier molecular flexibility index (Phi) is 4.67. The Bertz CT molecular complexity index is 376. The number of nitrogen functional groups attached to an aromatic ring is 1. The van der Waals surface area contributed by atoms with Gasteiger partial charge in [0.2, 0.25) is 0 Å². The number of rotatable bonds is 5. The van der Waals surface area contributed by atoms with Crippen molar-refractivity contribution in [3.8, 4) is 0 Å². The van der Waals surface area contributed by atoms with Crippen molar-refractivity contribution in [3.05, 3.63) is 11.5 Å². The first-order valence-electron chi connectivity index (χ1n) is 5.10. The van der Waals surface area contributed by atoms with Crippen LogP contribution in [0.4, 0.5) is 5.82 Å². The van der Waals surface area contributed by atoms with Crippen molar-refractivity contribution in [1.82, 2.24) is 9.55 Å². The lowest BCUT2D eigenvalue weighted by Crippen LogP contribution is -2.11. The molecule has 0 unspecified atom stereocenters. The molecular formula is C10H17N3O2S. The Labute approximate surface area is 99.4 Å². The molecule has 2 N–H and O–H groups in total. The van der Waals surface area contributed by atoms with Crippen LogP contribution < -0.4 is 5.73 Å². The zero-order chi connectivity index (χ0) is 12.1. The molecule has 6 heteroatoms. The normalized spacial score (nSPS) is 10.4. The predicted octanol–water partition coefficient (Wildman–Crippen LogP) is 1.31. The number of nitrogens with zero attached hydrogens (tertiary/aromatic N) is 2. The molecule has 0 aliphatic heterocycles. The maximum Gasteiger partial charge on any atom is 0.360 e. The summed E-state index contributed by atoms with van der Waals surface area (Å²) in [4.78, 5) is 15.7. The lowest BCUT2D eigenvalue weighted by molar-refractivity contribution is 0.0521. The molecule has 0 bridgehead atoms. The molecule has 0 amide bonds. The Morgan fingerprint density at radius 1 is 1.62 bits per heavy atom. The number of hydrogen-bond donors (Lipinski definition) is 1. The van der Waals surface area contributed by atoms with Crippen LogP contribution in [-0.2, 0) is 11.3 Å². The van der Waals surface area contributed by atoms with Crippen LogP contribution in [0.2, 0.25) is 0 Å². The number of aromatic nitrogens is 2. The summed E-state index contributed by atoms with van der Waals surface area (Å²) >= 11 is 1.72. The highest BCUT2D eigenvalue weighted by atomic mass is 32.2. The molecule has 0 aliphatic carbocycles. The summed E-state index contributed by atoms with van der Waals surface area (Å²) in [6.45, 7) is 4.67. The van der Waals surface area contributed by atoms with Gasteiger partial charge in [0.1, 0.15) is 11.6 Å². The van der Waals surface area contributed by atoms with Crippen molar-refractivity contribution in [1.29, 1.82) is 0 Å². The fraction of sp³-hybridized carbons (Fsp3) is 0.600. The van der Waals surface area contributed by atoms with Crippen LogP contribution in [0, 0.1) is 6.92 Å². The van der Waals surface area contributed by atoms with E-state index < -0.39 is 5.97 Å². The van der Waals surface area contributed by atoms with Gasteiger partial charge >= 0.3 is 5.97 Å². The quantitative estimate of drug-likeness (QED) is 0.790. The molecule has 1 aromatic heterocycles. The van der Waals surface area contributed by atoms with Gasteiger partial charge < -0.3 is 15.0 Å². The summed E-state index contributed by atoms with van der Waals surface area (Å²) in [7, 11) is 0. The molecule has 0 fully saturated rings. The van der Waals surface area contributed by atoms with E-state index in [9.17, 15) is 4.79 Å². The van der Waals surface area contributed by atoms with E-state index in [0.29, 0.717) is 12.4 Å². The fourth-order valence-corrected chi connectivity index (χ4v) is 1.76. The fourth-order valence-electron chi connectivity index (χ4n) is 1.40. The summed E-state index contributed by atoms with van der Waals surface area (Å²) in [5.74, 6) is 1.62. The Morgan fingerprint density at radius 3 is 2.88 bits per heavy atom. The van der Waals surface area contributed by atoms with E-state index >= 15 is 0 Å². The van der Waals surface area contributed by atoms with Crippen LogP contribution in [0.3, 0.4) is 0 Å². The number of aryl methyl sites for hydroxylation is 1. The van der Waals surface area contributed by atoms with Crippen LogP contribution in [-0.4, -0.2) is 34.1 Å². The number of anilines is 1. The third kappa shape index (κ3) is 2.69. The lowest BCUT2D eigenvalue weighted by Gasteiger charge is -2.05. The molecule has 90 valence electrons. The average molecular weight is 243 g/mol. The summed E-state index contributed by atoms with van der Waals surface area (Å²) in [5, 5.41) is 0. The Balaban J connectivity index is 2.92. The van der Waals surface area contributed by atoms with E-state index in [-0.39, 0.29) is 5.69 Å². The van der Waals surface area contributed by atoms with Gasteiger partial charge in [0.15, 0.2) is 5.69 Å². The van der Waals surface area contributed by atoms with E-state index in [1.54, 1.807) is 18.7 Å². The lowest BCUT2D eigenvalue weighted by atomic mass is 10.4. The molecular weight excluding hydrogens is 226 g/mol. The molecule has 5 nitrogen and oxygen atoms in total. The number of carbonyl (C=O) groups excluding carboxylic acids is 1. The van der Waals surface area contributed by atoms with Crippen molar-refractivity contribution >= 4 is 23.5 Å². The van der Waals surface area contributed by atoms with E-state index in [2.05, 4.69) is 4.98 Å². The number of hydrogen-bond acceptors (Lipinski definition) is 5. The Hall–Kier alpha value is -1.17. The molecule has 16 heavy (non-hydrogen) atoms. The van der Waals surface area contributed by atoms with Crippen molar-refractivity contribution in [2.75, 3.05) is 24.3 Å². The van der Waals surface area contributed by atoms with Crippen LogP contribution in [0.15, 0.2) is 0 Å². The standard InChI is InChI=1S/C10H17N3O2S/c1-4-15-10(14)8-9(11)13(5-6-16-3)7(2)12-8/h4-6,11H2,1-3H3. The minimum Gasteiger partial charge on any atom is -0.461 e. The minimum absolute atomic E-state index is 0.223. The van der Waals surface area contributed by atoms with Crippen molar-refractivity contribution in [2.24, 2.45) is 0 Å². The highest BCUT2D eigenvalue weighted by Gasteiger charge is 2.19. The second-order valence-electron chi connectivity index (χ2n) is 3.26. The monoisotopic (exact) mass is 243 g/mol. The van der Waals surface area contributed by atoms with Crippen LogP contribution in [0.5, 0.6) is 0 Å². The van der Waals surface area contributed by atoms with Crippen molar-refractivity contribution < 1.29 is 9.53 Å². The number of thioether (sulfide) groups is 1. The molecule has 1 heterocycles. The number of nitrogens with two attached hydrogens (primary N) is 1. The smallest absolute Gasteiger partial charge is 0.360 e. The van der Waals surface area contributed by atoms with Gasteiger partial charge in [0.05, 0.1) is 6.61 Å². The van der Waals surface area contributed by atoms with Gasteiger partial charge in [-0.3, -0.25) is 0 Å². The first kappa shape index (κ1) is 12.9. The molecule has 0 aromatic carbocycles. The molecule has 0 atom stereocenters. The second-order valence-corrected chi connectivity index (χ2v) is 4.24. The van der Waals surface area contributed by atoms with Gasteiger partial charge in [0.25, 0.3) is 0 Å². The van der Waals surface area contributed by atoms with Crippen molar-refractivity contribution in [3.63, 3.8) is 0 Å². The van der Waals surface area contributed by atoms with Crippen LogP contribution >= 0.6 is 11.8 Å². The number of ether oxygens (including phenoxy) is 1. The van der Waals surface area contributed by atoms with E-state index in [1.807, 2.05) is 17.7 Å². The summed E-state index contributed by atoms with van der Waals surface area (Å²) < 4.78 is 6.72. The molecule has 0 aliphatic rings. The maximum absolute atomic E-state index is 11.5. The first-order chi connectivity index (χ1) is 7.61. The van der Waals surface area contributed by atoms with E-state index in [0.717, 1.165) is 18.1 Å². The van der Waals surface area contributed by atoms with Crippen LogP contribution in [0.1, 0.15) is 23.2 Å². The summed E-state index contributed by atoms with van der Waals surface area (Å²) in [5.41, 5.74) is 6.09. The third-order valence-corrected chi connectivity index (χ3v) is 2.78. The number of esters is 1. The Morgan fingerprint density at radius 2 is 2.31 bits per heavy atom. The number of carbonyl (C=O) groups is 1. The predicted molar refractivity (Wildman–Crippen MR) is 65.7 cm³/mol. The third-order valence-electron chi connectivity index (χ3n) is 2.19. The SMILES string of the molecule is CCOC(=O)c1nc(C)n(CCSC)c1N. The number of imidazole rings is 1. The molecule has 0 radical (unpaired) electrons.